The molecule has 5 nitrogen and oxygen atoms in total. The summed E-state index contributed by atoms with van der Waals surface area (Å²) in [6.07, 6.45) is 0. The van der Waals surface area contributed by atoms with Crippen molar-refractivity contribution in [3.05, 3.63) is 113 Å². The highest BCUT2D eigenvalue weighted by Crippen LogP contribution is 2.45. The topological polar surface area (TPSA) is 66.8 Å². The van der Waals surface area contributed by atoms with Crippen molar-refractivity contribution in [2.45, 2.75) is 32.7 Å². The van der Waals surface area contributed by atoms with Crippen LogP contribution in [0.4, 0.5) is 14.5 Å². The molecular formula is C32H27F2NO4. The first-order chi connectivity index (χ1) is 18.7. The van der Waals surface area contributed by atoms with E-state index in [2.05, 4.69) is 0 Å². The minimum Gasteiger partial charge on any atom is -0.507 e. The number of carbonyl (C=O) groups excluding carboxylic acids is 2. The normalized spacial score (nSPS) is 16.9. The van der Waals surface area contributed by atoms with Gasteiger partial charge in [0.15, 0.2) is 11.6 Å². The number of hydrogen-bond donors (Lipinski definition) is 1. The van der Waals surface area contributed by atoms with Gasteiger partial charge >= 0.3 is 0 Å². The molecule has 4 aromatic rings. The Morgan fingerprint density at radius 3 is 2.41 bits per heavy atom. The molecule has 0 saturated carbocycles. The summed E-state index contributed by atoms with van der Waals surface area (Å²) in [6, 6.07) is 19.9. The Kier molecular flexibility index (Phi) is 6.91. The van der Waals surface area contributed by atoms with Gasteiger partial charge in [-0.25, -0.2) is 8.78 Å². The molecule has 1 amide bonds. The third-order valence-corrected chi connectivity index (χ3v) is 6.95. The molecule has 0 bridgehead atoms. The van der Waals surface area contributed by atoms with Crippen molar-refractivity contribution in [3.63, 3.8) is 0 Å². The molecule has 1 N–H and O–H groups in total. The van der Waals surface area contributed by atoms with Crippen LogP contribution in [0, 0.1) is 11.6 Å². The van der Waals surface area contributed by atoms with Gasteiger partial charge in [0.2, 0.25) is 0 Å². The van der Waals surface area contributed by atoms with E-state index in [4.69, 9.17) is 4.74 Å². The van der Waals surface area contributed by atoms with Gasteiger partial charge in [-0.1, -0.05) is 56.3 Å². The van der Waals surface area contributed by atoms with Gasteiger partial charge in [0, 0.05) is 17.3 Å². The van der Waals surface area contributed by atoms with Gasteiger partial charge in [-0.15, -0.1) is 0 Å². The fourth-order valence-corrected chi connectivity index (χ4v) is 5.11. The van der Waals surface area contributed by atoms with Crippen molar-refractivity contribution in [3.8, 4) is 5.75 Å². The van der Waals surface area contributed by atoms with Crippen molar-refractivity contribution >= 4 is 33.9 Å². The lowest BCUT2D eigenvalue weighted by Gasteiger charge is -2.26. The summed E-state index contributed by atoms with van der Waals surface area (Å²) in [5.41, 5.74) is 1.60. The highest BCUT2D eigenvalue weighted by molar-refractivity contribution is 6.51. The smallest absolute Gasteiger partial charge is 0.300 e. The van der Waals surface area contributed by atoms with Crippen LogP contribution in [0.1, 0.15) is 49.4 Å². The number of fused-ring (bicyclic) bond motifs is 1. The monoisotopic (exact) mass is 527 g/mol. The van der Waals surface area contributed by atoms with Crippen molar-refractivity contribution in [1.82, 2.24) is 0 Å². The van der Waals surface area contributed by atoms with E-state index in [9.17, 15) is 23.5 Å². The second-order valence-corrected chi connectivity index (χ2v) is 9.68. The van der Waals surface area contributed by atoms with Crippen LogP contribution in [0.3, 0.4) is 0 Å². The fraction of sp³-hybridized carbons (Fsp3) is 0.188. The van der Waals surface area contributed by atoms with E-state index in [-0.39, 0.29) is 22.9 Å². The van der Waals surface area contributed by atoms with Crippen LogP contribution in [0.15, 0.2) is 84.4 Å². The largest absolute Gasteiger partial charge is 0.507 e. The molecule has 1 aliphatic heterocycles. The van der Waals surface area contributed by atoms with E-state index in [1.54, 1.807) is 30.3 Å². The number of anilines is 1. The molecule has 1 atom stereocenters. The van der Waals surface area contributed by atoms with Crippen LogP contribution in [-0.2, 0) is 9.59 Å². The maximum atomic E-state index is 14.3. The number of halogens is 2. The van der Waals surface area contributed by atoms with Crippen LogP contribution in [0.2, 0.25) is 0 Å². The number of Topliss-reactive ketones (excluding diaryl/α,β-unsaturated/α-hetero) is 1. The third kappa shape index (κ3) is 4.54. The maximum absolute atomic E-state index is 14.3. The Hall–Kier alpha value is -4.52. The fourth-order valence-electron chi connectivity index (χ4n) is 5.11. The number of ketones is 1. The first-order valence-electron chi connectivity index (χ1n) is 12.7. The number of amides is 1. The predicted octanol–water partition coefficient (Wildman–Crippen LogP) is 7.27. The Morgan fingerprint density at radius 1 is 0.949 bits per heavy atom. The Morgan fingerprint density at radius 2 is 1.69 bits per heavy atom. The van der Waals surface area contributed by atoms with Crippen LogP contribution < -0.4 is 9.64 Å². The van der Waals surface area contributed by atoms with Gasteiger partial charge in [0.25, 0.3) is 11.7 Å². The number of aliphatic hydroxyl groups excluding tert-OH is 1. The number of nitrogens with zero attached hydrogens (tertiary/aromatic N) is 1. The molecule has 0 aromatic heterocycles. The number of hydrogen-bond acceptors (Lipinski definition) is 4. The van der Waals surface area contributed by atoms with Crippen molar-refractivity contribution in [1.29, 1.82) is 0 Å². The Labute approximate surface area is 225 Å². The predicted molar refractivity (Wildman–Crippen MR) is 147 cm³/mol. The molecule has 1 unspecified atom stereocenters. The van der Waals surface area contributed by atoms with Gasteiger partial charge < -0.3 is 9.84 Å². The Bertz CT molecular complexity index is 1640. The average Bonchev–Trinajstić information content (AvgIpc) is 3.19. The SMILES string of the molecule is CCOc1ccc(/C(O)=C2\C(=O)C(=O)N(c3ccc(F)c(F)c3)C2c2cccc3ccccc23)cc1C(C)C. The first kappa shape index (κ1) is 26.1. The second kappa shape index (κ2) is 10.3. The van der Waals surface area contributed by atoms with Gasteiger partial charge in [0.1, 0.15) is 11.5 Å². The molecule has 39 heavy (non-hydrogen) atoms. The molecule has 5 rings (SSSR count). The minimum atomic E-state index is -1.15. The number of aliphatic hydroxyl groups is 1. The van der Waals surface area contributed by atoms with E-state index in [1.165, 1.54) is 6.07 Å². The summed E-state index contributed by atoms with van der Waals surface area (Å²) < 4.78 is 33.8. The summed E-state index contributed by atoms with van der Waals surface area (Å²) >= 11 is 0. The van der Waals surface area contributed by atoms with E-state index in [0.717, 1.165) is 33.4 Å². The van der Waals surface area contributed by atoms with E-state index in [1.807, 2.05) is 51.1 Å². The van der Waals surface area contributed by atoms with Crippen LogP contribution in [0.5, 0.6) is 5.75 Å². The highest BCUT2D eigenvalue weighted by Gasteiger charge is 2.47. The van der Waals surface area contributed by atoms with Crippen LogP contribution >= 0.6 is 0 Å². The van der Waals surface area contributed by atoms with Crippen LogP contribution in [0.25, 0.3) is 16.5 Å². The van der Waals surface area contributed by atoms with Crippen molar-refractivity contribution in [2.75, 3.05) is 11.5 Å². The van der Waals surface area contributed by atoms with Gasteiger partial charge in [-0.2, -0.15) is 0 Å². The summed E-state index contributed by atoms with van der Waals surface area (Å²) in [6.45, 7) is 6.31. The van der Waals surface area contributed by atoms with Crippen molar-refractivity contribution < 1.29 is 28.2 Å². The molecule has 1 fully saturated rings. The number of benzene rings is 4. The molecule has 4 aromatic carbocycles. The maximum Gasteiger partial charge on any atom is 0.300 e. The van der Waals surface area contributed by atoms with E-state index in [0.29, 0.717) is 23.5 Å². The molecule has 198 valence electrons. The summed E-state index contributed by atoms with van der Waals surface area (Å²) in [7, 11) is 0. The molecule has 0 aliphatic carbocycles. The van der Waals surface area contributed by atoms with Gasteiger partial charge in [0.05, 0.1) is 18.2 Å². The minimum absolute atomic E-state index is 0.00236. The molecule has 0 spiro atoms. The lowest BCUT2D eigenvalue weighted by atomic mass is 9.90. The Balaban J connectivity index is 1.78. The quantitative estimate of drug-likeness (QED) is 0.163. The number of rotatable bonds is 6. The molecule has 1 heterocycles. The van der Waals surface area contributed by atoms with Crippen molar-refractivity contribution in [2.24, 2.45) is 0 Å². The summed E-state index contributed by atoms with van der Waals surface area (Å²) in [5, 5.41) is 13.2. The number of ether oxygens (including phenoxy) is 1. The molecule has 0 radical (unpaired) electrons. The summed E-state index contributed by atoms with van der Waals surface area (Å²) in [4.78, 5) is 28.2. The van der Waals surface area contributed by atoms with E-state index < -0.39 is 29.4 Å². The standard InChI is InChI=1S/C32H27F2NO4/c1-4-39-27-15-12-20(16-24(27)18(2)3)30(36)28-29(23-11-7-9-19-8-5-6-10-22(19)23)35(32(38)31(28)37)21-13-14-25(33)26(34)17-21/h5-18,29,36H,4H2,1-3H3/b30-28+. The third-order valence-electron chi connectivity index (χ3n) is 6.95. The van der Waals surface area contributed by atoms with Crippen LogP contribution in [-0.4, -0.2) is 23.4 Å². The highest BCUT2D eigenvalue weighted by atomic mass is 19.2. The molecule has 7 heteroatoms. The zero-order valence-corrected chi connectivity index (χ0v) is 21.7. The lowest BCUT2D eigenvalue weighted by molar-refractivity contribution is -0.132. The first-order valence-corrected chi connectivity index (χ1v) is 12.7. The second-order valence-electron chi connectivity index (χ2n) is 9.68. The zero-order chi connectivity index (χ0) is 27.8. The van der Waals surface area contributed by atoms with Gasteiger partial charge in [-0.05, 0) is 65.1 Å². The average molecular weight is 528 g/mol. The summed E-state index contributed by atoms with van der Waals surface area (Å²) in [5.74, 6) is -3.74. The molecule has 1 saturated heterocycles. The van der Waals surface area contributed by atoms with Gasteiger partial charge in [-0.3, -0.25) is 14.5 Å². The molecule has 1 aliphatic rings. The number of carbonyl (C=O) groups is 2. The molecular weight excluding hydrogens is 500 g/mol. The lowest BCUT2D eigenvalue weighted by Crippen LogP contribution is -2.29. The zero-order valence-electron chi connectivity index (χ0n) is 21.7. The van der Waals surface area contributed by atoms with E-state index >= 15 is 0 Å².